The lowest BCUT2D eigenvalue weighted by Gasteiger charge is -2.25. The minimum absolute atomic E-state index is 0.0508. The van der Waals surface area contributed by atoms with Crippen LogP contribution in [0.15, 0.2) is 24.3 Å². The summed E-state index contributed by atoms with van der Waals surface area (Å²) < 4.78 is 0. The Bertz CT molecular complexity index is 457. The molecule has 5 heteroatoms. The quantitative estimate of drug-likeness (QED) is 0.801. The Morgan fingerprint density at radius 1 is 1.25 bits per heavy atom. The second-order valence-corrected chi connectivity index (χ2v) is 4.97. The van der Waals surface area contributed by atoms with Gasteiger partial charge in [0.15, 0.2) is 0 Å². The molecule has 0 heterocycles. The Labute approximate surface area is 119 Å². The van der Waals surface area contributed by atoms with Crippen molar-refractivity contribution in [2.45, 2.75) is 33.2 Å². The van der Waals surface area contributed by atoms with E-state index in [1.54, 1.807) is 4.90 Å². The molecular weight excluding hydrogens is 256 g/mol. The number of carboxylic acids is 1. The molecule has 0 saturated heterocycles. The summed E-state index contributed by atoms with van der Waals surface area (Å²) in [5.41, 5.74) is 1.84. The number of carbonyl (C=O) groups excluding carboxylic acids is 1. The van der Waals surface area contributed by atoms with Crippen molar-refractivity contribution in [3.8, 4) is 0 Å². The molecule has 0 saturated carbocycles. The number of aliphatic carboxylic acids is 1. The molecule has 0 aromatic heterocycles. The highest BCUT2D eigenvalue weighted by Crippen LogP contribution is 2.09. The maximum atomic E-state index is 12.0. The normalized spacial score (nSPS) is 12.2. The molecule has 0 aliphatic heterocycles. The predicted molar refractivity (Wildman–Crippen MR) is 78.8 cm³/mol. The van der Waals surface area contributed by atoms with Crippen molar-refractivity contribution in [3.63, 3.8) is 0 Å². The number of hydrogen-bond donors (Lipinski definition) is 2. The van der Waals surface area contributed by atoms with E-state index in [1.165, 1.54) is 0 Å². The van der Waals surface area contributed by atoms with Crippen LogP contribution in [0, 0.1) is 6.92 Å². The second kappa shape index (κ2) is 7.65. The van der Waals surface area contributed by atoms with E-state index in [1.807, 2.05) is 45.0 Å². The summed E-state index contributed by atoms with van der Waals surface area (Å²) in [4.78, 5) is 24.5. The average molecular weight is 278 g/mol. The van der Waals surface area contributed by atoms with Gasteiger partial charge < -0.3 is 10.4 Å². The van der Waals surface area contributed by atoms with E-state index in [4.69, 9.17) is 5.11 Å². The molecule has 0 aliphatic rings. The topological polar surface area (TPSA) is 69.6 Å². The van der Waals surface area contributed by atoms with Gasteiger partial charge in [0, 0.05) is 11.7 Å². The molecule has 110 valence electrons. The van der Waals surface area contributed by atoms with Crippen molar-refractivity contribution < 1.29 is 14.7 Å². The fraction of sp³-hybridized carbons (Fsp3) is 0.467. The third kappa shape index (κ3) is 5.40. The van der Waals surface area contributed by atoms with Crippen LogP contribution in [0.5, 0.6) is 0 Å². The molecule has 1 rings (SSSR count). The van der Waals surface area contributed by atoms with E-state index in [9.17, 15) is 9.59 Å². The van der Waals surface area contributed by atoms with E-state index in [0.717, 1.165) is 17.7 Å². The van der Waals surface area contributed by atoms with Crippen LogP contribution >= 0.6 is 0 Å². The Morgan fingerprint density at radius 3 is 2.35 bits per heavy atom. The summed E-state index contributed by atoms with van der Waals surface area (Å²) in [6.07, 6.45) is 0.797. The monoisotopic (exact) mass is 278 g/mol. The van der Waals surface area contributed by atoms with Crippen LogP contribution in [-0.4, -0.2) is 41.0 Å². The number of carboxylic acid groups (broad SMARTS) is 1. The molecular formula is C15H22N2O3. The van der Waals surface area contributed by atoms with E-state index in [0.29, 0.717) is 0 Å². The highest BCUT2D eigenvalue weighted by atomic mass is 16.4. The molecule has 1 aromatic carbocycles. The zero-order valence-electron chi connectivity index (χ0n) is 12.2. The predicted octanol–water partition coefficient (Wildman–Crippen LogP) is 2.12. The molecule has 0 bridgehead atoms. The van der Waals surface area contributed by atoms with Crippen molar-refractivity contribution in [2.75, 3.05) is 18.4 Å². The van der Waals surface area contributed by atoms with Crippen molar-refractivity contribution in [2.24, 2.45) is 0 Å². The summed E-state index contributed by atoms with van der Waals surface area (Å²) in [5.74, 6) is -1.12. The van der Waals surface area contributed by atoms with Gasteiger partial charge in [-0.3, -0.25) is 14.5 Å². The van der Waals surface area contributed by atoms with Gasteiger partial charge in [0.05, 0.1) is 13.1 Å². The Morgan fingerprint density at radius 2 is 1.85 bits per heavy atom. The van der Waals surface area contributed by atoms with Gasteiger partial charge in [-0.15, -0.1) is 0 Å². The molecule has 2 N–H and O–H groups in total. The lowest BCUT2D eigenvalue weighted by molar-refractivity contribution is -0.139. The van der Waals surface area contributed by atoms with Gasteiger partial charge in [-0.1, -0.05) is 24.6 Å². The number of amides is 1. The maximum absolute atomic E-state index is 12.0. The SMILES string of the molecule is CCC(C)N(CC(=O)O)CC(=O)Nc1ccc(C)cc1. The van der Waals surface area contributed by atoms with E-state index in [-0.39, 0.29) is 25.0 Å². The Balaban J connectivity index is 2.61. The smallest absolute Gasteiger partial charge is 0.317 e. The van der Waals surface area contributed by atoms with Crippen molar-refractivity contribution in [3.05, 3.63) is 29.8 Å². The molecule has 1 amide bonds. The number of nitrogens with zero attached hydrogens (tertiary/aromatic N) is 1. The Hall–Kier alpha value is -1.88. The summed E-state index contributed by atoms with van der Waals surface area (Å²) in [7, 11) is 0. The molecule has 0 aliphatic carbocycles. The first-order valence-corrected chi connectivity index (χ1v) is 6.74. The van der Waals surface area contributed by atoms with Crippen molar-refractivity contribution >= 4 is 17.6 Å². The standard InChI is InChI=1S/C15H22N2O3/c1-4-12(3)17(10-15(19)20)9-14(18)16-13-7-5-11(2)6-8-13/h5-8,12H,4,9-10H2,1-3H3,(H,16,18)(H,19,20). The summed E-state index contributed by atoms with van der Waals surface area (Å²) >= 11 is 0. The number of aryl methyl sites for hydroxylation is 1. The average Bonchev–Trinajstić information content (AvgIpc) is 2.39. The molecule has 1 atom stereocenters. The number of hydrogen-bond acceptors (Lipinski definition) is 3. The third-order valence-corrected chi connectivity index (χ3v) is 3.23. The largest absolute Gasteiger partial charge is 0.480 e. The lowest BCUT2D eigenvalue weighted by atomic mass is 10.2. The molecule has 1 aromatic rings. The van der Waals surface area contributed by atoms with E-state index in [2.05, 4.69) is 5.32 Å². The highest BCUT2D eigenvalue weighted by Gasteiger charge is 2.18. The summed E-state index contributed by atoms with van der Waals surface area (Å²) in [6, 6.07) is 7.55. The molecule has 1 unspecified atom stereocenters. The van der Waals surface area contributed by atoms with Crippen LogP contribution in [0.4, 0.5) is 5.69 Å². The number of carbonyl (C=O) groups is 2. The molecule has 0 spiro atoms. The fourth-order valence-electron chi connectivity index (χ4n) is 1.82. The van der Waals surface area contributed by atoms with Gasteiger partial charge in [-0.2, -0.15) is 0 Å². The van der Waals surface area contributed by atoms with E-state index >= 15 is 0 Å². The van der Waals surface area contributed by atoms with Gasteiger partial charge in [-0.05, 0) is 32.4 Å². The highest BCUT2D eigenvalue weighted by molar-refractivity contribution is 5.92. The molecule has 0 radical (unpaired) electrons. The molecule has 5 nitrogen and oxygen atoms in total. The minimum atomic E-state index is -0.923. The molecule has 20 heavy (non-hydrogen) atoms. The van der Waals surface area contributed by atoms with Crippen LogP contribution < -0.4 is 5.32 Å². The zero-order valence-corrected chi connectivity index (χ0v) is 12.2. The van der Waals surface area contributed by atoms with Gasteiger partial charge in [-0.25, -0.2) is 0 Å². The van der Waals surface area contributed by atoms with Crippen molar-refractivity contribution in [1.82, 2.24) is 4.90 Å². The first-order valence-electron chi connectivity index (χ1n) is 6.74. The number of rotatable bonds is 7. The third-order valence-electron chi connectivity index (χ3n) is 3.23. The van der Waals surface area contributed by atoms with E-state index < -0.39 is 5.97 Å². The van der Waals surface area contributed by atoms with Gasteiger partial charge in [0.25, 0.3) is 0 Å². The lowest BCUT2D eigenvalue weighted by Crippen LogP contribution is -2.42. The fourth-order valence-corrected chi connectivity index (χ4v) is 1.82. The van der Waals surface area contributed by atoms with Crippen LogP contribution in [0.3, 0.4) is 0 Å². The number of benzene rings is 1. The number of nitrogens with one attached hydrogen (secondary N) is 1. The van der Waals surface area contributed by atoms with Crippen LogP contribution in [-0.2, 0) is 9.59 Å². The minimum Gasteiger partial charge on any atom is -0.480 e. The van der Waals surface area contributed by atoms with Crippen LogP contribution in [0.1, 0.15) is 25.8 Å². The Kier molecular flexibility index (Phi) is 6.18. The first kappa shape index (κ1) is 16.2. The second-order valence-electron chi connectivity index (χ2n) is 4.97. The van der Waals surface area contributed by atoms with Gasteiger partial charge in [0.2, 0.25) is 5.91 Å². The van der Waals surface area contributed by atoms with Gasteiger partial charge in [0.1, 0.15) is 0 Å². The van der Waals surface area contributed by atoms with Crippen LogP contribution in [0.2, 0.25) is 0 Å². The number of anilines is 1. The van der Waals surface area contributed by atoms with Crippen molar-refractivity contribution in [1.29, 1.82) is 0 Å². The zero-order chi connectivity index (χ0) is 15.1. The van der Waals surface area contributed by atoms with Gasteiger partial charge >= 0.3 is 5.97 Å². The summed E-state index contributed by atoms with van der Waals surface area (Å²) in [5, 5.41) is 11.7. The maximum Gasteiger partial charge on any atom is 0.317 e. The molecule has 0 fully saturated rings. The summed E-state index contributed by atoms with van der Waals surface area (Å²) in [6.45, 7) is 5.81. The van der Waals surface area contributed by atoms with Crippen LogP contribution in [0.25, 0.3) is 0 Å². The first-order chi connectivity index (χ1) is 9.42.